The molecule has 0 saturated carbocycles. The second-order valence-corrected chi connectivity index (χ2v) is 3.80. The molecule has 0 unspecified atom stereocenters. The highest BCUT2D eigenvalue weighted by atomic mass is 14.1. The SMILES string of the molecule is CCCCC1=[C]CC=C1CCCC. The molecule has 1 aliphatic rings. The molecule has 1 aliphatic carbocycles. The molecule has 0 N–H and O–H groups in total. The summed E-state index contributed by atoms with van der Waals surface area (Å²) >= 11 is 0. The van der Waals surface area contributed by atoms with Crippen molar-refractivity contribution in [2.75, 3.05) is 0 Å². The van der Waals surface area contributed by atoms with Gasteiger partial charge in [-0.25, -0.2) is 0 Å². The third-order valence-electron chi connectivity index (χ3n) is 2.63. The van der Waals surface area contributed by atoms with E-state index < -0.39 is 0 Å². The number of unbranched alkanes of at least 4 members (excludes halogenated alkanes) is 2. The van der Waals surface area contributed by atoms with Crippen LogP contribution in [0.2, 0.25) is 0 Å². The van der Waals surface area contributed by atoms with E-state index in [9.17, 15) is 0 Å². The minimum Gasteiger partial charge on any atom is -0.0766 e. The summed E-state index contributed by atoms with van der Waals surface area (Å²) in [6.45, 7) is 4.51. The molecule has 0 aromatic rings. The van der Waals surface area contributed by atoms with Gasteiger partial charge in [-0.15, -0.1) is 0 Å². The summed E-state index contributed by atoms with van der Waals surface area (Å²) < 4.78 is 0. The lowest BCUT2D eigenvalue weighted by molar-refractivity contribution is 0.755. The summed E-state index contributed by atoms with van der Waals surface area (Å²) in [4.78, 5) is 0. The van der Waals surface area contributed by atoms with Crippen LogP contribution in [0.15, 0.2) is 17.2 Å². The van der Waals surface area contributed by atoms with Gasteiger partial charge in [-0.05, 0) is 49.3 Å². The Labute approximate surface area is 82.7 Å². The molecule has 0 heteroatoms. The van der Waals surface area contributed by atoms with Gasteiger partial charge in [-0.3, -0.25) is 0 Å². The van der Waals surface area contributed by atoms with E-state index in [2.05, 4.69) is 26.0 Å². The Hall–Kier alpha value is -0.520. The van der Waals surface area contributed by atoms with E-state index in [-0.39, 0.29) is 0 Å². The van der Waals surface area contributed by atoms with E-state index in [1.165, 1.54) is 44.1 Å². The number of allylic oxidation sites excluding steroid dienone is 4. The van der Waals surface area contributed by atoms with Gasteiger partial charge in [0.2, 0.25) is 0 Å². The van der Waals surface area contributed by atoms with E-state index >= 15 is 0 Å². The molecule has 0 aliphatic heterocycles. The summed E-state index contributed by atoms with van der Waals surface area (Å²) in [5, 5.41) is 0. The van der Waals surface area contributed by atoms with Crippen molar-refractivity contribution < 1.29 is 0 Å². The van der Waals surface area contributed by atoms with E-state index in [0.717, 1.165) is 6.42 Å². The highest BCUT2D eigenvalue weighted by Crippen LogP contribution is 2.27. The van der Waals surface area contributed by atoms with Gasteiger partial charge in [0, 0.05) is 0 Å². The molecular weight excluding hydrogens is 156 g/mol. The maximum atomic E-state index is 3.47. The van der Waals surface area contributed by atoms with Crippen LogP contribution in [0.5, 0.6) is 0 Å². The fourth-order valence-electron chi connectivity index (χ4n) is 1.76. The minimum atomic E-state index is 1.07. The van der Waals surface area contributed by atoms with Crippen molar-refractivity contribution in [3.63, 3.8) is 0 Å². The monoisotopic (exact) mass is 177 g/mol. The second kappa shape index (κ2) is 6.01. The Balaban J connectivity index is 2.33. The number of rotatable bonds is 6. The zero-order chi connectivity index (χ0) is 9.52. The highest BCUT2D eigenvalue weighted by Gasteiger charge is 2.08. The quantitative estimate of drug-likeness (QED) is 0.563. The fraction of sp³-hybridized carbons (Fsp3) is 0.692. The van der Waals surface area contributed by atoms with Gasteiger partial charge in [0.05, 0.1) is 0 Å². The average Bonchev–Trinajstić information content (AvgIpc) is 2.59. The van der Waals surface area contributed by atoms with Gasteiger partial charge < -0.3 is 0 Å². The van der Waals surface area contributed by atoms with Crippen molar-refractivity contribution in [3.05, 3.63) is 23.3 Å². The zero-order valence-corrected chi connectivity index (χ0v) is 9.03. The van der Waals surface area contributed by atoms with Crippen LogP contribution in [-0.2, 0) is 0 Å². The number of hydrogen-bond acceptors (Lipinski definition) is 0. The predicted octanol–water partition coefficient (Wildman–Crippen LogP) is 4.43. The van der Waals surface area contributed by atoms with Gasteiger partial charge in [0.1, 0.15) is 0 Å². The molecule has 0 fully saturated rings. The molecule has 0 heterocycles. The molecule has 0 nitrogen and oxygen atoms in total. The van der Waals surface area contributed by atoms with Crippen molar-refractivity contribution in [1.82, 2.24) is 0 Å². The van der Waals surface area contributed by atoms with Crippen molar-refractivity contribution in [1.29, 1.82) is 0 Å². The molecule has 0 atom stereocenters. The summed E-state index contributed by atoms with van der Waals surface area (Å²) in [5.41, 5.74) is 3.12. The molecule has 0 amide bonds. The van der Waals surface area contributed by atoms with Crippen LogP contribution in [0.4, 0.5) is 0 Å². The average molecular weight is 177 g/mol. The van der Waals surface area contributed by atoms with Crippen LogP contribution in [0.25, 0.3) is 0 Å². The Morgan fingerprint density at radius 2 is 1.85 bits per heavy atom. The van der Waals surface area contributed by atoms with Crippen molar-refractivity contribution in [2.45, 2.75) is 58.8 Å². The Morgan fingerprint density at radius 3 is 2.54 bits per heavy atom. The van der Waals surface area contributed by atoms with E-state index in [1.807, 2.05) is 0 Å². The first-order chi connectivity index (χ1) is 6.38. The van der Waals surface area contributed by atoms with E-state index in [1.54, 1.807) is 5.57 Å². The molecule has 0 aromatic carbocycles. The smallest absolute Gasteiger partial charge is 0.00857 e. The Bertz CT molecular complexity index is 174. The summed E-state index contributed by atoms with van der Waals surface area (Å²) in [6.07, 6.45) is 14.7. The topological polar surface area (TPSA) is 0 Å². The van der Waals surface area contributed by atoms with E-state index in [0.29, 0.717) is 0 Å². The lowest BCUT2D eigenvalue weighted by atomic mass is 9.99. The molecule has 0 aromatic heterocycles. The largest absolute Gasteiger partial charge is 0.0766 e. The molecule has 0 bridgehead atoms. The normalized spacial score (nSPS) is 15.8. The maximum Gasteiger partial charge on any atom is -0.00857 e. The first kappa shape index (κ1) is 10.6. The maximum absolute atomic E-state index is 3.47. The standard InChI is InChI=1S/C13H21/c1-3-5-8-12-10-7-11-13(12)9-6-4-2/h10H,3-9H2,1-2H3. The molecule has 73 valence electrons. The third kappa shape index (κ3) is 3.38. The summed E-state index contributed by atoms with van der Waals surface area (Å²) in [6, 6.07) is 0. The van der Waals surface area contributed by atoms with Gasteiger partial charge in [0.15, 0.2) is 0 Å². The first-order valence-electron chi connectivity index (χ1n) is 5.67. The van der Waals surface area contributed by atoms with Crippen molar-refractivity contribution in [3.8, 4) is 0 Å². The predicted molar refractivity (Wildman–Crippen MR) is 58.5 cm³/mol. The molecule has 1 rings (SSSR count). The molecule has 1 radical (unpaired) electrons. The van der Waals surface area contributed by atoms with E-state index in [4.69, 9.17) is 0 Å². The van der Waals surface area contributed by atoms with Crippen LogP contribution in [-0.4, -0.2) is 0 Å². The highest BCUT2D eigenvalue weighted by molar-refractivity contribution is 5.34. The third-order valence-corrected chi connectivity index (χ3v) is 2.63. The van der Waals surface area contributed by atoms with Gasteiger partial charge in [-0.1, -0.05) is 32.8 Å². The molecule has 0 saturated heterocycles. The van der Waals surface area contributed by atoms with Gasteiger partial charge in [0.25, 0.3) is 0 Å². The first-order valence-corrected chi connectivity index (χ1v) is 5.67. The van der Waals surface area contributed by atoms with Crippen LogP contribution in [0, 0.1) is 6.08 Å². The fourth-order valence-corrected chi connectivity index (χ4v) is 1.76. The Kier molecular flexibility index (Phi) is 4.88. The summed E-state index contributed by atoms with van der Waals surface area (Å²) in [7, 11) is 0. The molecule has 13 heavy (non-hydrogen) atoms. The van der Waals surface area contributed by atoms with Crippen LogP contribution in [0.3, 0.4) is 0 Å². The van der Waals surface area contributed by atoms with Gasteiger partial charge in [-0.2, -0.15) is 0 Å². The Morgan fingerprint density at radius 1 is 1.15 bits per heavy atom. The van der Waals surface area contributed by atoms with Crippen molar-refractivity contribution in [2.24, 2.45) is 0 Å². The zero-order valence-electron chi connectivity index (χ0n) is 9.03. The van der Waals surface area contributed by atoms with Crippen LogP contribution in [0.1, 0.15) is 58.8 Å². The van der Waals surface area contributed by atoms with Crippen LogP contribution >= 0.6 is 0 Å². The van der Waals surface area contributed by atoms with Crippen molar-refractivity contribution >= 4 is 0 Å². The van der Waals surface area contributed by atoms with Crippen LogP contribution < -0.4 is 0 Å². The minimum absolute atomic E-state index is 1.07. The van der Waals surface area contributed by atoms with Gasteiger partial charge >= 0.3 is 0 Å². The lowest BCUT2D eigenvalue weighted by Crippen LogP contribution is -1.87. The number of hydrogen-bond donors (Lipinski definition) is 0. The second-order valence-electron chi connectivity index (χ2n) is 3.80. The molecule has 0 spiro atoms. The lowest BCUT2D eigenvalue weighted by Gasteiger charge is -2.06. The summed E-state index contributed by atoms with van der Waals surface area (Å²) in [5.74, 6) is 0. The molecular formula is C13H21.